The molecule has 10 heteroatoms. The zero-order valence-electron chi connectivity index (χ0n) is 19.4. The first-order valence-corrected chi connectivity index (χ1v) is 11.3. The molecule has 0 unspecified atom stereocenters. The molecule has 1 aliphatic carbocycles. The molecular formula is C25H28F3N3O4. The lowest BCUT2D eigenvalue weighted by Crippen LogP contribution is -2.31. The minimum absolute atomic E-state index is 0.132. The van der Waals surface area contributed by atoms with Gasteiger partial charge in [0.15, 0.2) is 0 Å². The lowest BCUT2D eigenvalue weighted by atomic mass is 10.1. The molecule has 1 aliphatic rings. The number of carbonyl (C=O) groups excluding carboxylic acids is 1. The Morgan fingerprint density at radius 1 is 1.11 bits per heavy atom. The minimum Gasteiger partial charge on any atom is -0.490 e. The van der Waals surface area contributed by atoms with Gasteiger partial charge in [0.1, 0.15) is 11.6 Å². The summed E-state index contributed by atoms with van der Waals surface area (Å²) in [6.45, 7) is 3.74. The molecular weight excluding hydrogens is 463 g/mol. The Balaban J connectivity index is 1.60. The molecule has 0 saturated heterocycles. The number of carboxylic acids is 1. The average molecular weight is 492 g/mol. The summed E-state index contributed by atoms with van der Waals surface area (Å²) in [5, 5.41) is 22.9. The molecule has 0 bridgehead atoms. The molecule has 1 saturated carbocycles. The van der Waals surface area contributed by atoms with Crippen molar-refractivity contribution < 1.29 is 32.6 Å². The molecule has 0 aromatic heterocycles. The predicted molar refractivity (Wildman–Crippen MR) is 124 cm³/mol. The number of carboxylic acid groups (broad SMARTS) is 1. The van der Waals surface area contributed by atoms with Crippen molar-refractivity contribution in [2.45, 2.75) is 58.0 Å². The van der Waals surface area contributed by atoms with Gasteiger partial charge in [-0.15, -0.1) is 0 Å². The quantitative estimate of drug-likeness (QED) is 0.319. The van der Waals surface area contributed by atoms with Crippen LogP contribution in [0.25, 0.3) is 0 Å². The van der Waals surface area contributed by atoms with E-state index in [0.717, 1.165) is 18.1 Å². The third kappa shape index (κ3) is 7.05. The van der Waals surface area contributed by atoms with Crippen LogP contribution in [0.2, 0.25) is 0 Å². The van der Waals surface area contributed by atoms with E-state index in [0.29, 0.717) is 31.0 Å². The molecule has 1 fully saturated rings. The van der Waals surface area contributed by atoms with Crippen molar-refractivity contribution in [2.24, 2.45) is 5.92 Å². The Bertz CT molecular complexity index is 1080. The maximum absolute atomic E-state index is 13.4. The van der Waals surface area contributed by atoms with Crippen LogP contribution in [0.1, 0.15) is 60.2 Å². The number of halogens is 3. The Morgan fingerprint density at radius 2 is 1.77 bits per heavy atom. The fraction of sp³-hybridized carbons (Fsp3) is 0.400. The van der Waals surface area contributed by atoms with Gasteiger partial charge >= 0.3 is 12.1 Å². The largest absolute Gasteiger partial charge is 0.490 e. The average Bonchev–Trinajstić information content (AvgIpc) is 3.26. The highest BCUT2D eigenvalue weighted by atomic mass is 19.4. The van der Waals surface area contributed by atoms with Crippen LogP contribution in [0.3, 0.4) is 0 Å². The zero-order valence-corrected chi connectivity index (χ0v) is 19.4. The van der Waals surface area contributed by atoms with Crippen molar-refractivity contribution in [3.8, 4) is 5.75 Å². The fourth-order valence-electron chi connectivity index (χ4n) is 3.95. The van der Waals surface area contributed by atoms with Crippen LogP contribution in [-0.4, -0.2) is 35.0 Å². The van der Waals surface area contributed by atoms with E-state index in [9.17, 15) is 22.8 Å². The Kier molecular flexibility index (Phi) is 8.16. The maximum atomic E-state index is 13.4. The van der Waals surface area contributed by atoms with E-state index in [-0.39, 0.29) is 29.1 Å². The van der Waals surface area contributed by atoms with E-state index in [4.69, 9.17) is 15.3 Å². The van der Waals surface area contributed by atoms with Crippen molar-refractivity contribution in [1.82, 2.24) is 10.6 Å². The standard InChI is InChI=1S/C25H28F3N3O4/c1-14(2)35-21-10-8-17(12-20(21)25(26,27)28)23(32)31-22(29)16-5-3-15(4-6-16)13-30-19-9-7-18(11-19)24(33)34/h3-6,8,10,12,14,18-19,30H,7,9,11,13H2,1-2H3,(H,33,34)(H2,29,31,32)/t18-,19-/m1/s1. The highest BCUT2D eigenvalue weighted by Gasteiger charge is 2.35. The number of amides is 1. The van der Waals surface area contributed by atoms with Crippen molar-refractivity contribution in [2.75, 3.05) is 0 Å². The van der Waals surface area contributed by atoms with Gasteiger partial charge in [0, 0.05) is 23.7 Å². The molecule has 0 aliphatic heterocycles. The van der Waals surface area contributed by atoms with Gasteiger partial charge in [-0.25, -0.2) is 0 Å². The van der Waals surface area contributed by atoms with E-state index in [1.165, 1.54) is 6.07 Å². The summed E-state index contributed by atoms with van der Waals surface area (Å²) in [7, 11) is 0. The van der Waals surface area contributed by atoms with Crippen LogP contribution in [-0.2, 0) is 17.5 Å². The highest BCUT2D eigenvalue weighted by Crippen LogP contribution is 2.37. The summed E-state index contributed by atoms with van der Waals surface area (Å²) in [6.07, 6.45) is -3.13. The predicted octanol–water partition coefficient (Wildman–Crippen LogP) is 4.59. The summed E-state index contributed by atoms with van der Waals surface area (Å²) in [4.78, 5) is 23.6. The molecule has 0 heterocycles. The fourth-order valence-corrected chi connectivity index (χ4v) is 3.95. The van der Waals surface area contributed by atoms with Crippen molar-refractivity contribution in [1.29, 1.82) is 5.41 Å². The summed E-state index contributed by atoms with van der Waals surface area (Å²) in [6, 6.07) is 9.98. The second-order valence-corrected chi connectivity index (χ2v) is 8.83. The maximum Gasteiger partial charge on any atom is 0.419 e. The summed E-state index contributed by atoms with van der Waals surface area (Å²) in [5.41, 5.74) is 0.0151. The van der Waals surface area contributed by atoms with Crippen molar-refractivity contribution >= 4 is 17.7 Å². The Hall–Kier alpha value is -3.40. The Morgan fingerprint density at radius 3 is 2.34 bits per heavy atom. The van der Waals surface area contributed by atoms with Crippen LogP contribution >= 0.6 is 0 Å². The van der Waals surface area contributed by atoms with Gasteiger partial charge in [-0.2, -0.15) is 13.2 Å². The lowest BCUT2D eigenvalue weighted by Gasteiger charge is -2.17. The lowest BCUT2D eigenvalue weighted by molar-refractivity contribution is -0.141. The monoisotopic (exact) mass is 491 g/mol. The van der Waals surface area contributed by atoms with Crippen LogP contribution in [0.4, 0.5) is 13.2 Å². The number of hydrogen-bond donors (Lipinski definition) is 4. The number of carbonyl (C=O) groups is 2. The molecule has 0 spiro atoms. The van der Waals surface area contributed by atoms with E-state index < -0.39 is 29.7 Å². The van der Waals surface area contributed by atoms with E-state index in [2.05, 4.69) is 10.6 Å². The van der Waals surface area contributed by atoms with Gasteiger partial charge in [0.05, 0.1) is 17.6 Å². The normalized spacial score (nSPS) is 17.9. The number of hydrogen-bond acceptors (Lipinski definition) is 5. The van der Waals surface area contributed by atoms with Crippen LogP contribution in [0, 0.1) is 11.3 Å². The second-order valence-electron chi connectivity index (χ2n) is 8.83. The van der Waals surface area contributed by atoms with E-state index in [1.807, 2.05) is 0 Å². The van der Waals surface area contributed by atoms with Crippen LogP contribution < -0.4 is 15.4 Å². The molecule has 2 atom stereocenters. The van der Waals surface area contributed by atoms with Gasteiger partial charge in [-0.3, -0.25) is 15.0 Å². The number of nitrogens with one attached hydrogen (secondary N) is 3. The first-order valence-electron chi connectivity index (χ1n) is 11.3. The molecule has 2 aromatic rings. The molecule has 3 rings (SSSR count). The molecule has 1 amide bonds. The number of amidine groups is 1. The number of benzene rings is 2. The number of aliphatic carboxylic acids is 1. The molecule has 35 heavy (non-hydrogen) atoms. The highest BCUT2D eigenvalue weighted by molar-refractivity contribution is 6.11. The second kappa shape index (κ2) is 10.9. The topological polar surface area (TPSA) is 112 Å². The van der Waals surface area contributed by atoms with Gasteiger partial charge < -0.3 is 20.5 Å². The molecule has 7 nitrogen and oxygen atoms in total. The first-order chi connectivity index (χ1) is 16.4. The Labute approximate surface area is 201 Å². The van der Waals surface area contributed by atoms with Gasteiger partial charge in [-0.1, -0.05) is 24.3 Å². The first kappa shape index (κ1) is 26.2. The van der Waals surface area contributed by atoms with Gasteiger partial charge in [0.2, 0.25) is 0 Å². The van der Waals surface area contributed by atoms with E-state index in [1.54, 1.807) is 38.1 Å². The zero-order chi connectivity index (χ0) is 25.8. The molecule has 0 radical (unpaired) electrons. The van der Waals surface area contributed by atoms with Crippen molar-refractivity contribution in [3.05, 3.63) is 64.7 Å². The van der Waals surface area contributed by atoms with Crippen LogP contribution in [0.5, 0.6) is 5.75 Å². The van der Waals surface area contributed by atoms with E-state index >= 15 is 0 Å². The summed E-state index contributed by atoms with van der Waals surface area (Å²) in [5.74, 6) is -2.53. The molecule has 4 N–H and O–H groups in total. The number of alkyl halides is 3. The van der Waals surface area contributed by atoms with Gasteiger partial charge in [-0.05, 0) is 56.9 Å². The van der Waals surface area contributed by atoms with Gasteiger partial charge in [0.25, 0.3) is 5.91 Å². The summed E-state index contributed by atoms with van der Waals surface area (Å²) < 4.78 is 45.5. The minimum atomic E-state index is -4.70. The third-order valence-corrected chi connectivity index (χ3v) is 5.77. The van der Waals surface area contributed by atoms with Crippen LogP contribution in [0.15, 0.2) is 42.5 Å². The third-order valence-electron chi connectivity index (χ3n) is 5.77. The van der Waals surface area contributed by atoms with Crippen molar-refractivity contribution in [3.63, 3.8) is 0 Å². The summed E-state index contributed by atoms with van der Waals surface area (Å²) >= 11 is 0. The molecule has 2 aromatic carbocycles. The number of ether oxygens (including phenoxy) is 1. The molecule has 188 valence electrons. The SMILES string of the molecule is CC(C)Oc1ccc(C(=O)NC(=N)c2ccc(CN[C@@H]3CC[C@@H](C(=O)O)C3)cc2)cc1C(F)(F)F. The number of rotatable bonds is 8. The smallest absolute Gasteiger partial charge is 0.419 e.